The maximum atomic E-state index is 12.7. The normalized spacial score (nSPS) is 21.8. The van der Waals surface area contributed by atoms with Crippen molar-refractivity contribution in [2.75, 3.05) is 13.7 Å². The van der Waals surface area contributed by atoms with E-state index in [0.29, 0.717) is 5.82 Å². The van der Waals surface area contributed by atoms with Crippen molar-refractivity contribution in [2.45, 2.75) is 57.9 Å². The van der Waals surface area contributed by atoms with E-state index in [1.807, 2.05) is 42.8 Å². The van der Waals surface area contributed by atoms with Gasteiger partial charge in [-0.25, -0.2) is 9.97 Å². The molecule has 160 valence electrons. The highest BCUT2D eigenvalue weighted by Crippen LogP contribution is 2.32. The minimum atomic E-state index is -0.640. The number of aliphatic hydroxyl groups is 1. The summed E-state index contributed by atoms with van der Waals surface area (Å²) in [6.07, 6.45) is 5.59. The number of fused-ring (bicyclic) bond motifs is 1. The van der Waals surface area contributed by atoms with Crippen LogP contribution in [0.5, 0.6) is 0 Å². The molecule has 0 spiro atoms. The molecule has 3 aromatic rings. The fraction of sp³-hybridized carbons (Fsp3) is 0.500. The monoisotopic (exact) mass is 411 g/mol. The van der Waals surface area contributed by atoms with Gasteiger partial charge in [0, 0.05) is 19.4 Å². The Labute approximate surface area is 175 Å². The van der Waals surface area contributed by atoms with Crippen LogP contribution in [-0.4, -0.2) is 61.2 Å². The summed E-state index contributed by atoms with van der Waals surface area (Å²) < 4.78 is 7.63. The quantitative estimate of drug-likeness (QED) is 0.650. The molecule has 30 heavy (non-hydrogen) atoms. The summed E-state index contributed by atoms with van der Waals surface area (Å²) in [5.74, 6) is 1.42. The molecule has 4 rings (SSSR count). The summed E-state index contributed by atoms with van der Waals surface area (Å²) in [7, 11) is 1.74. The average Bonchev–Trinajstić information content (AvgIpc) is 3.32. The smallest absolute Gasteiger partial charge is 0.248 e. The summed E-state index contributed by atoms with van der Waals surface area (Å²) in [6.45, 7) is 4.14. The average molecular weight is 412 g/mol. The van der Waals surface area contributed by atoms with E-state index in [1.165, 1.54) is 0 Å². The SMILES string of the molecule is Cc1ccc2nc(COCC(=O)N(C)[C@@H]3CCC[C@@H](n4ccnc4C)[C@@H]3O)[nH]c2c1. The molecule has 0 bridgehead atoms. The number of carbonyl (C=O) groups excluding carboxylic acids is 1. The number of imidazole rings is 2. The van der Waals surface area contributed by atoms with Crippen molar-refractivity contribution in [3.8, 4) is 0 Å². The van der Waals surface area contributed by atoms with Crippen LogP contribution in [0.3, 0.4) is 0 Å². The lowest BCUT2D eigenvalue weighted by molar-refractivity contribution is -0.141. The van der Waals surface area contributed by atoms with Crippen molar-refractivity contribution >= 4 is 16.9 Å². The highest BCUT2D eigenvalue weighted by atomic mass is 16.5. The Bertz CT molecular complexity index is 1030. The molecule has 0 aliphatic heterocycles. The van der Waals surface area contributed by atoms with Crippen molar-refractivity contribution in [2.24, 2.45) is 0 Å². The van der Waals surface area contributed by atoms with Crippen molar-refractivity contribution in [1.29, 1.82) is 0 Å². The molecule has 2 N–H and O–H groups in total. The van der Waals surface area contributed by atoms with Gasteiger partial charge in [-0.15, -0.1) is 0 Å². The second-order valence-electron chi connectivity index (χ2n) is 8.14. The number of aryl methyl sites for hydroxylation is 2. The third-order valence-corrected chi connectivity index (χ3v) is 6.05. The van der Waals surface area contributed by atoms with E-state index < -0.39 is 6.10 Å². The van der Waals surface area contributed by atoms with E-state index in [4.69, 9.17) is 4.74 Å². The molecule has 0 radical (unpaired) electrons. The number of ether oxygens (including phenoxy) is 1. The van der Waals surface area contributed by atoms with Crippen LogP contribution < -0.4 is 0 Å². The first-order chi connectivity index (χ1) is 14.4. The first-order valence-electron chi connectivity index (χ1n) is 10.4. The molecular weight excluding hydrogens is 382 g/mol. The lowest BCUT2D eigenvalue weighted by Gasteiger charge is -2.40. The van der Waals surface area contributed by atoms with Crippen LogP contribution in [0.4, 0.5) is 0 Å². The number of amides is 1. The molecule has 8 nitrogen and oxygen atoms in total. The zero-order valence-electron chi connectivity index (χ0n) is 17.7. The number of carbonyl (C=O) groups is 1. The van der Waals surface area contributed by atoms with Gasteiger partial charge in [-0.05, 0) is 50.8 Å². The van der Waals surface area contributed by atoms with E-state index in [1.54, 1.807) is 18.1 Å². The van der Waals surface area contributed by atoms with Gasteiger partial charge in [-0.2, -0.15) is 0 Å². The molecule has 2 heterocycles. The first-order valence-corrected chi connectivity index (χ1v) is 10.4. The Balaban J connectivity index is 1.34. The molecule has 1 aliphatic rings. The lowest BCUT2D eigenvalue weighted by Crippen LogP contribution is -2.51. The van der Waals surface area contributed by atoms with Crippen LogP contribution in [0.25, 0.3) is 11.0 Å². The molecule has 8 heteroatoms. The number of H-pyrrole nitrogens is 1. The number of rotatable bonds is 6. The lowest BCUT2D eigenvalue weighted by atomic mass is 9.87. The fourth-order valence-corrected chi connectivity index (χ4v) is 4.36. The Morgan fingerprint density at radius 2 is 2.20 bits per heavy atom. The molecule has 1 aliphatic carbocycles. The number of nitrogens with one attached hydrogen (secondary N) is 1. The van der Waals surface area contributed by atoms with Crippen LogP contribution in [0.1, 0.15) is 42.5 Å². The van der Waals surface area contributed by atoms with Gasteiger partial charge < -0.3 is 24.3 Å². The standard InChI is InChI=1S/C22H29N5O3/c1-14-7-8-16-17(11-14)25-20(24-16)12-30-13-21(28)26(3)18-5-4-6-19(22(18)29)27-10-9-23-15(27)2/h7-11,18-19,22,29H,4-6,12-13H2,1-3H3,(H,24,25)/t18-,19-,22-/m1/s1. The number of hydrogen-bond acceptors (Lipinski definition) is 5. The van der Waals surface area contributed by atoms with E-state index in [0.717, 1.165) is 41.7 Å². The van der Waals surface area contributed by atoms with E-state index in [2.05, 4.69) is 15.0 Å². The van der Waals surface area contributed by atoms with Gasteiger partial charge in [0.1, 0.15) is 24.9 Å². The maximum Gasteiger partial charge on any atom is 0.248 e. The minimum Gasteiger partial charge on any atom is -0.389 e. The molecular formula is C22H29N5O3. The number of hydrogen-bond donors (Lipinski definition) is 2. The predicted molar refractivity (Wildman–Crippen MR) is 113 cm³/mol. The van der Waals surface area contributed by atoms with Gasteiger partial charge in [0.25, 0.3) is 0 Å². The number of likely N-dealkylation sites (N-methyl/N-ethyl adjacent to an activating group) is 1. The summed E-state index contributed by atoms with van der Waals surface area (Å²) in [5.41, 5.74) is 3.00. The molecule has 0 saturated heterocycles. The van der Waals surface area contributed by atoms with E-state index in [-0.39, 0.29) is 31.2 Å². The van der Waals surface area contributed by atoms with Crippen LogP contribution in [-0.2, 0) is 16.1 Å². The predicted octanol–water partition coefficient (Wildman–Crippen LogP) is 2.51. The molecule has 0 unspecified atom stereocenters. The number of aliphatic hydroxyl groups excluding tert-OH is 1. The van der Waals surface area contributed by atoms with Gasteiger partial charge in [0.15, 0.2) is 0 Å². The Morgan fingerprint density at radius 3 is 2.97 bits per heavy atom. The second kappa shape index (κ2) is 8.57. The van der Waals surface area contributed by atoms with E-state index >= 15 is 0 Å². The number of nitrogens with zero attached hydrogens (tertiary/aromatic N) is 4. The topological polar surface area (TPSA) is 96.3 Å². The summed E-state index contributed by atoms with van der Waals surface area (Å²) in [5, 5.41) is 11.0. The number of aromatic nitrogens is 4. The van der Waals surface area contributed by atoms with E-state index in [9.17, 15) is 9.90 Å². The number of aromatic amines is 1. The summed E-state index contributed by atoms with van der Waals surface area (Å²) in [4.78, 5) is 26.3. The van der Waals surface area contributed by atoms with Gasteiger partial charge in [-0.3, -0.25) is 4.79 Å². The third-order valence-electron chi connectivity index (χ3n) is 6.05. The van der Waals surface area contributed by atoms with Crippen LogP contribution in [0.2, 0.25) is 0 Å². The van der Waals surface area contributed by atoms with Crippen molar-refractivity contribution in [1.82, 2.24) is 24.4 Å². The molecule has 1 fully saturated rings. The minimum absolute atomic E-state index is 0.0510. The van der Waals surface area contributed by atoms with Gasteiger partial charge in [0.05, 0.1) is 29.2 Å². The molecule has 1 aromatic carbocycles. The Kier molecular flexibility index (Phi) is 5.87. The van der Waals surface area contributed by atoms with Gasteiger partial charge in [-0.1, -0.05) is 6.07 Å². The zero-order valence-corrected chi connectivity index (χ0v) is 17.7. The molecule has 1 saturated carbocycles. The van der Waals surface area contributed by atoms with Crippen LogP contribution in [0.15, 0.2) is 30.6 Å². The van der Waals surface area contributed by atoms with Crippen molar-refractivity contribution in [3.63, 3.8) is 0 Å². The highest BCUT2D eigenvalue weighted by Gasteiger charge is 2.37. The third kappa shape index (κ3) is 4.11. The largest absolute Gasteiger partial charge is 0.389 e. The van der Waals surface area contributed by atoms with Crippen LogP contribution >= 0.6 is 0 Å². The summed E-state index contributed by atoms with van der Waals surface area (Å²) >= 11 is 0. The molecule has 1 amide bonds. The Hall–Kier alpha value is -2.71. The fourth-order valence-electron chi connectivity index (χ4n) is 4.36. The molecule has 2 aromatic heterocycles. The summed E-state index contributed by atoms with van der Waals surface area (Å²) in [6, 6.07) is 5.71. The van der Waals surface area contributed by atoms with Crippen molar-refractivity contribution in [3.05, 3.63) is 47.8 Å². The Morgan fingerprint density at radius 1 is 1.37 bits per heavy atom. The zero-order chi connectivity index (χ0) is 21.3. The second-order valence-corrected chi connectivity index (χ2v) is 8.14. The van der Waals surface area contributed by atoms with Gasteiger partial charge >= 0.3 is 0 Å². The van der Waals surface area contributed by atoms with Crippen LogP contribution in [0, 0.1) is 13.8 Å². The van der Waals surface area contributed by atoms with Gasteiger partial charge in [0.2, 0.25) is 5.91 Å². The van der Waals surface area contributed by atoms with Crippen molar-refractivity contribution < 1.29 is 14.6 Å². The first kappa shape index (κ1) is 20.6. The highest BCUT2D eigenvalue weighted by molar-refractivity contribution is 5.77. The maximum absolute atomic E-state index is 12.7. The number of benzene rings is 1. The molecule has 3 atom stereocenters.